The van der Waals surface area contributed by atoms with E-state index < -0.39 is 11.6 Å². The zero-order valence-corrected chi connectivity index (χ0v) is 8.33. The maximum absolute atomic E-state index is 13.5. The van der Waals surface area contributed by atoms with Crippen molar-refractivity contribution in [1.29, 1.82) is 0 Å². The molecule has 2 aromatic rings. The van der Waals surface area contributed by atoms with Crippen LogP contribution in [-0.2, 0) is 0 Å². The maximum Gasteiger partial charge on any atom is 0.175 e. The van der Waals surface area contributed by atoms with Crippen molar-refractivity contribution in [2.45, 2.75) is 0 Å². The molecule has 4 nitrogen and oxygen atoms in total. The third-order valence-electron chi connectivity index (χ3n) is 2.04. The van der Waals surface area contributed by atoms with Gasteiger partial charge < -0.3 is 15.0 Å². The molecule has 6 heteroatoms. The monoisotopic (exact) mass is 226 g/mol. The van der Waals surface area contributed by atoms with Gasteiger partial charge in [-0.05, 0) is 12.1 Å². The summed E-state index contributed by atoms with van der Waals surface area (Å²) in [6, 6.07) is 3.24. The van der Waals surface area contributed by atoms with Crippen molar-refractivity contribution in [2.75, 3.05) is 12.8 Å². The summed E-state index contributed by atoms with van der Waals surface area (Å²) in [5.74, 6) is -1.49. The number of benzene rings is 1. The van der Waals surface area contributed by atoms with Crippen LogP contribution in [0.15, 0.2) is 22.7 Å². The maximum atomic E-state index is 13.5. The Labute approximate surface area is 89.6 Å². The van der Waals surface area contributed by atoms with Crippen LogP contribution in [0.2, 0.25) is 0 Å². The minimum absolute atomic E-state index is 0.0198. The fourth-order valence-electron chi connectivity index (χ4n) is 1.37. The van der Waals surface area contributed by atoms with Gasteiger partial charge in [0, 0.05) is 6.07 Å². The van der Waals surface area contributed by atoms with E-state index in [-0.39, 0.29) is 22.9 Å². The predicted octanol–water partition coefficient (Wildman–Crippen LogP) is 2.21. The van der Waals surface area contributed by atoms with Crippen molar-refractivity contribution in [3.8, 4) is 17.1 Å². The van der Waals surface area contributed by atoms with Crippen LogP contribution < -0.4 is 10.5 Å². The first-order valence-corrected chi connectivity index (χ1v) is 4.38. The fraction of sp³-hybridized carbons (Fsp3) is 0.100. The quantitative estimate of drug-likeness (QED) is 0.852. The Balaban J connectivity index is 2.67. The molecule has 1 heterocycles. The standard InChI is InChI=1S/C10H8F2N2O2/c1-15-10-6(12)3-2-5(11)9(10)7-4-8(13)14-16-7/h2-4H,1H3,(H2,13,14). The van der Waals surface area contributed by atoms with Gasteiger partial charge >= 0.3 is 0 Å². The molecule has 2 rings (SSSR count). The predicted molar refractivity (Wildman–Crippen MR) is 52.8 cm³/mol. The third-order valence-corrected chi connectivity index (χ3v) is 2.04. The number of nitrogens with zero attached hydrogens (tertiary/aromatic N) is 1. The summed E-state index contributed by atoms with van der Waals surface area (Å²) in [6.07, 6.45) is 0. The van der Waals surface area contributed by atoms with Gasteiger partial charge in [-0.15, -0.1) is 0 Å². The normalized spacial score (nSPS) is 10.4. The van der Waals surface area contributed by atoms with Crippen LogP contribution in [0.3, 0.4) is 0 Å². The summed E-state index contributed by atoms with van der Waals surface area (Å²) in [4.78, 5) is 0. The Morgan fingerprint density at radius 1 is 1.31 bits per heavy atom. The molecule has 0 bridgehead atoms. The lowest BCUT2D eigenvalue weighted by atomic mass is 10.1. The highest BCUT2D eigenvalue weighted by atomic mass is 19.1. The van der Waals surface area contributed by atoms with Gasteiger partial charge in [0.05, 0.1) is 7.11 Å². The number of hydrogen-bond acceptors (Lipinski definition) is 4. The van der Waals surface area contributed by atoms with E-state index in [1.165, 1.54) is 13.2 Å². The van der Waals surface area contributed by atoms with Crippen molar-refractivity contribution in [3.05, 3.63) is 29.8 Å². The molecule has 0 radical (unpaired) electrons. The van der Waals surface area contributed by atoms with Crippen LogP contribution in [0.4, 0.5) is 14.6 Å². The van der Waals surface area contributed by atoms with Crippen molar-refractivity contribution < 1.29 is 18.0 Å². The highest BCUT2D eigenvalue weighted by Gasteiger charge is 2.19. The topological polar surface area (TPSA) is 61.3 Å². The molecule has 0 saturated heterocycles. The van der Waals surface area contributed by atoms with E-state index in [2.05, 4.69) is 5.16 Å². The van der Waals surface area contributed by atoms with E-state index in [1.807, 2.05) is 0 Å². The van der Waals surface area contributed by atoms with Crippen LogP contribution in [-0.4, -0.2) is 12.3 Å². The van der Waals surface area contributed by atoms with Crippen LogP contribution in [0.25, 0.3) is 11.3 Å². The van der Waals surface area contributed by atoms with Crippen molar-refractivity contribution >= 4 is 5.82 Å². The largest absolute Gasteiger partial charge is 0.493 e. The smallest absolute Gasteiger partial charge is 0.175 e. The third kappa shape index (κ3) is 1.58. The first-order valence-electron chi connectivity index (χ1n) is 4.38. The summed E-state index contributed by atoms with van der Waals surface area (Å²) in [5.41, 5.74) is 5.20. The van der Waals surface area contributed by atoms with Gasteiger partial charge in [0.25, 0.3) is 0 Å². The van der Waals surface area contributed by atoms with Crippen molar-refractivity contribution in [3.63, 3.8) is 0 Å². The Morgan fingerprint density at radius 2 is 2.00 bits per heavy atom. The summed E-state index contributed by atoms with van der Waals surface area (Å²) in [7, 11) is 1.24. The molecule has 1 aromatic heterocycles. The van der Waals surface area contributed by atoms with E-state index in [0.29, 0.717) is 0 Å². The van der Waals surface area contributed by atoms with E-state index in [0.717, 1.165) is 12.1 Å². The number of hydrogen-bond donors (Lipinski definition) is 1. The number of halogens is 2. The summed E-state index contributed by atoms with van der Waals surface area (Å²) >= 11 is 0. The number of anilines is 1. The molecule has 0 aliphatic rings. The van der Waals surface area contributed by atoms with Crippen molar-refractivity contribution in [2.24, 2.45) is 0 Å². The van der Waals surface area contributed by atoms with Gasteiger partial charge in [-0.2, -0.15) is 0 Å². The summed E-state index contributed by atoms with van der Waals surface area (Å²) in [5, 5.41) is 3.40. The molecule has 0 unspecified atom stereocenters. The SMILES string of the molecule is COc1c(F)ccc(F)c1-c1cc(N)no1. The number of methoxy groups -OCH3 is 1. The van der Waals surface area contributed by atoms with Crippen molar-refractivity contribution in [1.82, 2.24) is 5.16 Å². The summed E-state index contributed by atoms with van der Waals surface area (Å²) in [6.45, 7) is 0. The van der Waals surface area contributed by atoms with Crippen LogP contribution in [0, 0.1) is 11.6 Å². The molecule has 0 saturated carbocycles. The highest BCUT2D eigenvalue weighted by Crippen LogP contribution is 2.35. The van der Waals surface area contributed by atoms with Gasteiger partial charge in [-0.25, -0.2) is 8.78 Å². The van der Waals surface area contributed by atoms with Crippen LogP contribution in [0.1, 0.15) is 0 Å². The van der Waals surface area contributed by atoms with Gasteiger partial charge in [-0.1, -0.05) is 5.16 Å². The van der Waals surface area contributed by atoms with Crippen LogP contribution >= 0.6 is 0 Å². The molecule has 0 amide bonds. The average molecular weight is 226 g/mol. The average Bonchev–Trinajstić information content (AvgIpc) is 2.67. The molecule has 0 aliphatic heterocycles. The van der Waals surface area contributed by atoms with E-state index in [4.69, 9.17) is 15.0 Å². The van der Waals surface area contributed by atoms with E-state index in [1.54, 1.807) is 0 Å². The lowest BCUT2D eigenvalue weighted by molar-refractivity contribution is 0.378. The van der Waals surface area contributed by atoms with Gasteiger partial charge in [0.2, 0.25) is 0 Å². The number of rotatable bonds is 2. The first kappa shape index (κ1) is 10.4. The van der Waals surface area contributed by atoms with E-state index in [9.17, 15) is 8.78 Å². The van der Waals surface area contributed by atoms with Crippen LogP contribution in [0.5, 0.6) is 5.75 Å². The minimum Gasteiger partial charge on any atom is -0.493 e. The molecule has 0 aliphatic carbocycles. The fourth-order valence-corrected chi connectivity index (χ4v) is 1.37. The zero-order valence-electron chi connectivity index (χ0n) is 8.33. The molecular weight excluding hydrogens is 218 g/mol. The van der Waals surface area contributed by atoms with Gasteiger partial charge in [0.15, 0.2) is 23.1 Å². The number of nitrogens with two attached hydrogens (primary N) is 1. The first-order chi connectivity index (χ1) is 7.63. The number of nitrogen functional groups attached to an aromatic ring is 1. The summed E-state index contributed by atoms with van der Waals surface area (Å²) < 4.78 is 36.4. The minimum atomic E-state index is -0.686. The number of aromatic nitrogens is 1. The zero-order chi connectivity index (χ0) is 11.7. The Bertz CT molecular complexity index is 526. The molecule has 1 aromatic carbocycles. The molecule has 16 heavy (non-hydrogen) atoms. The lowest BCUT2D eigenvalue weighted by Crippen LogP contribution is -1.94. The van der Waals surface area contributed by atoms with Gasteiger partial charge in [-0.3, -0.25) is 0 Å². The Hall–Kier alpha value is -2.11. The molecule has 0 fully saturated rings. The molecule has 0 spiro atoms. The second kappa shape index (κ2) is 3.80. The second-order valence-corrected chi connectivity index (χ2v) is 3.05. The molecule has 84 valence electrons. The van der Waals surface area contributed by atoms with E-state index >= 15 is 0 Å². The molecular formula is C10H8F2N2O2. The number of ether oxygens (including phenoxy) is 1. The lowest BCUT2D eigenvalue weighted by Gasteiger charge is -2.07. The Morgan fingerprint density at radius 3 is 2.56 bits per heavy atom. The highest BCUT2D eigenvalue weighted by molar-refractivity contribution is 5.68. The van der Waals surface area contributed by atoms with Gasteiger partial charge in [0.1, 0.15) is 11.4 Å². The molecule has 0 atom stereocenters. The molecule has 2 N–H and O–H groups in total. The Kier molecular flexibility index (Phi) is 2.47. The second-order valence-electron chi connectivity index (χ2n) is 3.05.